The van der Waals surface area contributed by atoms with E-state index < -0.39 is 28.9 Å². The Morgan fingerprint density at radius 2 is 1.45 bits per heavy atom. The van der Waals surface area contributed by atoms with Gasteiger partial charge in [0, 0.05) is 12.8 Å². The number of hydrogen-bond acceptors (Lipinski definition) is 5. The van der Waals surface area contributed by atoms with Crippen LogP contribution >= 0.6 is 0 Å². The van der Waals surface area contributed by atoms with Crippen LogP contribution in [0.2, 0.25) is 36.3 Å². The van der Waals surface area contributed by atoms with Crippen molar-refractivity contribution in [3.63, 3.8) is 0 Å². The molecule has 1 N–H and O–H groups in total. The van der Waals surface area contributed by atoms with Crippen LogP contribution in [0.4, 0.5) is 0 Å². The van der Waals surface area contributed by atoms with Crippen molar-refractivity contribution in [1.29, 1.82) is 0 Å². The summed E-state index contributed by atoms with van der Waals surface area (Å²) in [7, 11) is -4.04. The Balaban J connectivity index is 3.06. The zero-order chi connectivity index (χ0) is 24.4. The van der Waals surface area contributed by atoms with Gasteiger partial charge in [-0.3, -0.25) is 4.79 Å². The molecule has 1 saturated heterocycles. The topological polar surface area (TPSA) is 74.2 Å². The maximum Gasteiger partial charge on any atom is 0.303 e. The molecule has 1 heterocycles. The van der Waals surface area contributed by atoms with E-state index in [2.05, 4.69) is 67.7 Å². The van der Waals surface area contributed by atoms with Crippen molar-refractivity contribution in [3.8, 4) is 0 Å². The zero-order valence-electron chi connectivity index (χ0n) is 22.0. The summed E-state index contributed by atoms with van der Waals surface area (Å²) in [6, 6.07) is 0. The first kappa shape index (κ1) is 28.8. The molecule has 0 spiro atoms. The van der Waals surface area contributed by atoms with Crippen LogP contribution < -0.4 is 0 Å². The molecule has 1 rings (SSSR count). The molecule has 0 saturated carbocycles. The minimum absolute atomic E-state index is 0.0511. The first-order chi connectivity index (χ1) is 13.8. The van der Waals surface area contributed by atoms with Crippen LogP contribution in [-0.4, -0.2) is 58.4 Å². The van der Waals surface area contributed by atoms with E-state index in [1.165, 1.54) is 0 Å². The molecule has 1 fully saturated rings. The van der Waals surface area contributed by atoms with Crippen molar-refractivity contribution in [2.45, 2.75) is 142 Å². The lowest BCUT2D eigenvalue weighted by atomic mass is 10.0. The molecule has 184 valence electrons. The summed E-state index contributed by atoms with van der Waals surface area (Å²) < 4.78 is 26.0. The summed E-state index contributed by atoms with van der Waals surface area (Å²) in [6.07, 6.45) is 0.0864. The van der Waals surface area contributed by atoms with Gasteiger partial charge in [0.1, 0.15) is 0 Å². The van der Waals surface area contributed by atoms with Crippen molar-refractivity contribution in [2.24, 2.45) is 0 Å². The smallest absolute Gasteiger partial charge is 0.303 e. The fraction of sp³-hybridized carbons (Fsp3) is 0.957. The molecule has 0 bridgehead atoms. The van der Waals surface area contributed by atoms with E-state index in [4.69, 9.17) is 23.4 Å². The van der Waals surface area contributed by atoms with Gasteiger partial charge < -0.3 is 23.4 Å². The molecular weight excluding hydrogens is 428 g/mol. The monoisotopic (exact) mass is 476 g/mol. The highest BCUT2D eigenvalue weighted by molar-refractivity contribution is 6.74. The first-order valence-electron chi connectivity index (χ1n) is 11.6. The van der Waals surface area contributed by atoms with Crippen LogP contribution in [0, 0.1) is 0 Å². The maximum atomic E-state index is 10.9. The molecular formula is C23H48O6Si2. The first-order valence-corrected chi connectivity index (χ1v) is 17.5. The van der Waals surface area contributed by atoms with Crippen molar-refractivity contribution >= 4 is 22.6 Å². The molecule has 0 aromatic rings. The van der Waals surface area contributed by atoms with Gasteiger partial charge >= 0.3 is 5.97 Å². The highest BCUT2D eigenvalue weighted by Crippen LogP contribution is 2.42. The standard InChI is InChI=1S/C23H48O6Si2/c1-16(13-14-20(24)25)26-21-19(29-31(11,12)23(6,7)8)15-18(17(2)27-21)28-30(9,10)22(3,4)5/h16-19,21H,13-15H2,1-12H3,(H,24,25)/t16-,17+,18-,19-,21-/m1/s1. The van der Waals surface area contributed by atoms with Crippen LogP contribution in [0.25, 0.3) is 0 Å². The predicted molar refractivity (Wildman–Crippen MR) is 131 cm³/mol. The lowest BCUT2D eigenvalue weighted by Crippen LogP contribution is -2.57. The molecule has 0 aliphatic carbocycles. The number of rotatable bonds is 9. The van der Waals surface area contributed by atoms with Gasteiger partial charge in [0.25, 0.3) is 0 Å². The third kappa shape index (κ3) is 8.23. The third-order valence-electron chi connectivity index (χ3n) is 7.28. The quantitative estimate of drug-likeness (QED) is 0.401. The van der Waals surface area contributed by atoms with E-state index >= 15 is 0 Å². The fourth-order valence-electron chi connectivity index (χ4n) is 3.02. The maximum absolute atomic E-state index is 10.9. The normalized spacial score (nSPS) is 27.2. The van der Waals surface area contributed by atoms with Gasteiger partial charge in [-0.05, 0) is 56.5 Å². The Kier molecular flexibility index (Phi) is 9.60. The third-order valence-corrected chi connectivity index (χ3v) is 16.3. The predicted octanol–water partition coefficient (Wildman–Crippen LogP) is 6.17. The molecule has 0 amide bonds. The van der Waals surface area contributed by atoms with E-state index in [1.807, 2.05) is 13.8 Å². The van der Waals surface area contributed by atoms with Crippen molar-refractivity contribution in [2.75, 3.05) is 0 Å². The Hall–Kier alpha value is -0.256. The second-order valence-corrected chi connectivity index (χ2v) is 21.7. The van der Waals surface area contributed by atoms with E-state index in [0.29, 0.717) is 6.42 Å². The molecule has 1 aliphatic rings. The molecule has 0 aromatic heterocycles. The van der Waals surface area contributed by atoms with Gasteiger partial charge in [-0.15, -0.1) is 0 Å². The van der Waals surface area contributed by atoms with Gasteiger partial charge in [0.2, 0.25) is 0 Å². The van der Waals surface area contributed by atoms with Crippen LogP contribution in [0.3, 0.4) is 0 Å². The zero-order valence-corrected chi connectivity index (χ0v) is 24.0. The van der Waals surface area contributed by atoms with Crippen LogP contribution in [0.1, 0.15) is 74.7 Å². The van der Waals surface area contributed by atoms with E-state index in [9.17, 15) is 4.79 Å². The second-order valence-electron chi connectivity index (χ2n) is 12.2. The summed E-state index contributed by atoms with van der Waals surface area (Å²) in [5, 5.41) is 9.17. The summed E-state index contributed by atoms with van der Waals surface area (Å²) in [5.74, 6) is -0.815. The SMILES string of the molecule is C[C@H](CCC(=O)O)O[C@@H]1O[C@@H](C)[C@H](O[Si](C)(C)C(C)(C)C)C[C@H]1O[Si](C)(C)C(C)(C)C. The summed E-state index contributed by atoms with van der Waals surface area (Å²) in [4.78, 5) is 10.9. The van der Waals surface area contributed by atoms with E-state index in [1.54, 1.807) is 0 Å². The Bertz CT molecular complexity index is 594. The minimum Gasteiger partial charge on any atom is -0.481 e. The van der Waals surface area contributed by atoms with E-state index in [0.717, 1.165) is 6.42 Å². The lowest BCUT2D eigenvalue weighted by Gasteiger charge is -2.48. The molecule has 0 radical (unpaired) electrons. The van der Waals surface area contributed by atoms with Crippen molar-refractivity contribution < 1.29 is 28.2 Å². The molecule has 0 aromatic carbocycles. The summed E-state index contributed by atoms with van der Waals surface area (Å²) in [5.41, 5.74) is 0. The molecule has 31 heavy (non-hydrogen) atoms. The van der Waals surface area contributed by atoms with E-state index in [-0.39, 0.29) is 40.9 Å². The summed E-state index contributed by atoms with van der Waals surface area (Å²) in [6.45, 7) is 26.3. The Morgan fingerprint density at radius 1 is 1.00 bits per heavy atom. The number of hydrogen-bond donors (Lipinski definition) is 1. The Labute approximate surface area is 192 Å². The fourth-order valence-corrected chi connectivity index (χ4v) is 5.74. The lowest BCUT2D eigenvalue weighted by molar-refractivity contribution is -0.268. The molecule has 6 nitrogen and oxygen atoms in total. The number of ether oxygens (including phenoxy) is 2. The average Bonchev–Trinajstić information content (AvgIpc) is 2.54. The number of carboxylic acids is 1. The number of carboxylic acid groups (broad SMARTS) is 1. The van der Waals surface area contributed by atoms with Crippen LogP contribution in [0.15, 0.2) is 0 Å². The Morgan fingerprint density at radius 3 is 1.87 bits per heavy atom. The molecule has 8 heteroatoms. The van der Waals surface area contributed by atoms with Gasteiger partial charge in [0.05, 0.1) is 24.4 Å². The highest BCUT2D eigenvalue weighted by atomic mass is 28.4. The van der Waals surface area contributed by atoms with Crippen molar-refractivity contribution in [1.82, 2.24) is 0 Å². The van der Waals surface area contributed by atoms with Crippen molar-refractivity contribution in [3.05, 3.63) is 0 Å². The van der Waals surface area contributed by atoms with Gasteiger partial charge in [0.15, 0.2) is 22.9 Å². The largest absolute Gasteiger partial charge is 0.481 e. The molecule has 0 unspecified atom stereocenters. The highest BCUT2D eigenvalue weighted by Gasteiger charge is 2.48. The summed E-state index contributed by atoms with van der Waals surface area (Å²) >= 11 is 0. The van der Waals surface area contributed by atoms with Gasteiger partial charge in [-0.1, -0.05) is 41.5 Å². The van der Waals surface area contributed by atoms with Gasteiger partial charge in [-0.25, -0.2) is 0 Å². The van der Waals surface area contributed by atoms with Gasteiger partial charge in [-0.2, -0.15) is 0 Å². The minimum atomic E-state index is -2.07. The second kappa shape index (κ2) is 10.3. The number of carbonyl (C=O) groups is 1. The van der Waals surface area contributed by atoms with Crippen LogP contribution in [-0.2, 0) is 23.1 Å². The number of aliphatic carboxylic acids is 1. The van der Waals surface area contributed by atoms with Crippen LogP contribution in [0.5, 0.6) is 0 Å². The average molecular weight is 477 g/mol. The molecule has 1 aliphatic heterocycles. The molecule has 5 atom stereocenters.